The van der Waals surface area contributed by atoms with Crippen molar-refractivity contribution < 1.29 is 14.3 Å². The van der Waals surface area contributed by atoms with Crippen molar-refractivity contribution in [1.82, 2.24) is 10.6 Å². The van der Waals surface area contributed by atoms with Gasteiger partial charge >= 0.3 is 0 Å². The van der Waals surface area contributed by atoms with E-state index in [9.17, 15) is 9.59 Å². The summed E-state index contributed by atoms with van der Waals surface area (Å²) in [6, 6.07) is 4.85. The van der Waals surface area contributed by atoms with Crippen molar-refractivity contribution in [2.24, 2.45) is 0 Å². The number of hydrogen-bond donors (Lipinski definition) is 2. The van der Waals surface area contributed by atoms with E-state index in [0.29, 0.717) is 15.8 Å². The number of carbonyl (C=O) groups excluding carboxylic acids is 2. The number of amides is 2. The van der Waals surface area contributed by atoms with Crippen LogP contribution >= 0.6 is 23.2 Å². The molecule has 0 aromatic heterocycles. The Balaban J connectivity index is 1.45. The molecule has 5 nitrogen and oxygen atoms in total. The topological polar surface area (TPSA) is 67.4 Å². The molecular formula is C15H16Cl2N2O3. The molecule has 2 amide bonds. The van der Waals surface area contributed by atoms with Gasteiger partial charge in [0.15, 0.2) is 6.61 Å². The van der Waals surface area contributed by atoms with Crippen LogP contribution < -0.4 is 15.4 Å². The molecule has 0 aliphatic heterocycles. The van der Waals surface area contributed by atoms with E-state index < -0.39 is 0 Å². The van der Waals surface area contributed by atoms with Crippen LogP contribution in [-0.2, 0) is 9.59 Å². The molecule has 7 heteroatoms. The van der Waals surface area contributed by atoms with Gasteiger partial charge < -0.3 is 15.4 Å². The lowest BCUT2D eigenvalue weighted by Crippen LogP contribution is -2.83. The maximum Gasteiger partial charge on any atom is 0.258 e. The highest BCUT2D eigenvalue weighted by Gasteiger charge is 2.69. The molecule has 0 unspecified atom stereocenters. The molecule has 0 saturated heterocycles. The van der Waals surface area contributed by atoms with Gasteiger partial charge in [-0.3, -0.25) is 9.59 Å². The minimum atomic E-state index is -0.179. The van der Waals surface area contributed by atoms with Crippen LogP contribution in [0.5, 0.6) is 5.75 Å². The maximum atomic E-state index is 11.9. The molecule has 4 rings (SSSR count). The smallest absolute Gasteiger partial charge is 0.258 e. The molecular weight excluding hydrogens is 327 g/mol. The molecule has 1 aromatic rings. The first kappa shape index (κ1) is 15.4. The van der Waals surface area contributed by atoms with Gasteiger partial charge in [0, 0.05) is 24.1 Å². The number of benzene rings is 1. The lowest BCUT2D eigenvalue weighted by molar-refractivity contribution is -0.149. The zero-order valence-corrected chi connectivity index (χ0v) is 13.6. The summed E-state index contributed by atoms with van der Waals surface area (Å²) >= 11 is 11.7. The molecule has 0 spiro atoms. The third kappa shape index (κ3) is 2.88. The average molecular weight is 343 g/mol. The summed E-state index contributed by atoms with van der Waals surface area (Å²) in [6.07, 6.45) is 2.37. The molecule has 0 heterocycles. The number of halogens is 2. The van der Waals surface area contributed by atoms with Gasteiger partial charge in [-0.15, -0.1) is 0 Å². The van der Waals surface area contributed by atoms with E-state index in [1.54, 1.807) is 18.2 Å². The van der Waals surface area contributed by atoms with E-state index >= 15 is 0 Å². The van der Waals surface area contributed by atoms with E-state index in [1.807, 2.05) is 0 Å². The number of hydrogen-bond acceptors (Lipinski definition) is 3. The Hall–Kier alpha value is -1.46. The first-order valence-corrected chi connectivity index (χ1v) is 7.75. The van der Waals surface area contributed by atoms with Crippen molar-refractivity contribution in [3.05, 3.63) is 28.2 Å². The first-order chi connectivity index (χ1) is 10.3. The van der Waals surface area contributed by atoms with Crippen molar-refractivity contribution in [3.8, 4) is 5.75 Å². The highest BCUT2D eigenvalue weighted by Crippen LogP contribution is 2.60. The van der Waals surface area contributed by atoms with E-state index in [0.717, 1.165) is 19.3 Å². The molecule has 1 aromatic carbocycles. The third-order valence-corrected chi connectivity index (χ3v) is 4.88. The van der Waals surface area contributed by atoms with Crippen LogP contribution in [0, 0.1) is 0 Å². The Morgan fingerprint density at radius 3 is 2.36 bits per heavy atom. The lowest BCUT2D eigenvalue weighted by atomic mass is 9.44. The highest BCUT2D eigenvalue weighted by atomic mass is 35.5. The molecule has 22 heavy (non-hydrogen) atoms. The second kappa shape index (κ2) is 5.32. The van der Waals surface area contributed by atoms with Gasteiger partial charge in [-0.2, -0.15) is 0 Å². The summed E-state index contributed by atoms with van der Waals surface area (Å²) in [5.41, 5.74) is -0.260. The second-order valence-corrected chi connectivity index (χ2v) is 7.00. The van der Waals surface area contributed by atoms with Gasteiger partial charge in [0.05, 0.1) is 10.0 Å². The monoisotopic (exact) mass is 342 g/mol. The fraction of sp³-hybridized carbons (Fsp3) is 0.467. The third-order valence-electron chi connectivity index (χ3n) is 4.14. The summed E-state index contributed by atoms with van der Waals surface area (Å²) in [4.78, 5) is 23.0. The van der Waals surface area contributed by atoms with Crippen LogP contribution in [0.25, 0.3) is 0 Å². The molecule has 3 aliphatic carbocycles. The van der Waals surface area contributed by atoms with Crippen LogP contribution in [0.4, 0.5) is 0 Å². The van der Waals surface area contributed by atoms with E-state index in [2.05, 4.69) is 10.6 Å². The Bertz CT molecular complexity index is 628. The largest absolute Gasteiger partial charge is 0.484 e. The number of carbonyl (C=O) groups is 2. The summed E-state index contributed by atoms with van der Waals surface area (Å²) in [5, 5.41) is 6.74. The fourth-order valence-electron chi connectivity index (χ4n) is 3.47. The molecule has 3 saturated carbocycles. The van der Waals surface area contributed by atoms with Crippen LogP contribution in [0.3, 0.4) is 0 Å². The van der Waals surface area contributed by atoms with Crippen LogP contribution in [0.15, 0.2) is 18.2 Å². The van der Waals surface area contributed by atoms with E-state index in [-0.39, 0.29) is 29.5 Å². The fourth-order valence-corrected chi connectivity index (χ4v) is 3.76. The van der Waals surface area contributed by atoms with Crippen molar-refractivity contribution in [1.29, 1.82) is 0 Å². The molecule has 2 N–H and O–H groups in total. The second-order valence-electron chi connectivity index (χ2n) is 6.18. The summed E-state index contributed by atoms with van der Waals surface area (Å²) in [6.45, 7) is 1.43. The van der Waals surface area contributed by atoms with Crippen LogP contribution in [0.1, 0.15) is 26.2 Å². The molecule has 3 fully saturated rings. The first-order valence-electron chi connectivity index (χ1n) is 6.99. The predicted octanol–water partition coefficient (Wildman–Crippen LogP) is 2.30. The van der Waals surface area contributed by atoms with Gasteiger partial charge in [0.1, 0.15) is 5.75 Å². The number of rotatable bonds is 5. The van der Waals surface area contributed by atoms with Crippen molar-refractivity contribution in [2.45, 2.75) is 37.3 Å². The zero-order chi connectivity index (χ0) is 16.0. The van der Waals surface area contributed by atoms with Gasteiger partial charge in [0.25, 0.3) is 5.91 Å². The normalized spacial score (nSPS) is 28.1. The summed E-state index contributed by atoms with van der Waals surface area (Å²) in [7, 11) is 0. The Morgan fingerprint density at radius 2 is 1.77 bits per heavy atom. The highest BCUT2D eigenvalue weighted by molar-refractivity contribution is 6.42. The average Bonchev–Trinajstić information content (AvgIpc) is 2.36. The summed E-state index contributed by atoms with van der Waals surface area (Å²) in [5.74, 6) is 0.293. The van der Waals surface area contributed by atoms with Gasteiger partial charge in [-0.25, -0.2) is 0 Å². The molecule has 118 valence electrons. The van der Waals surface area contributed by atoms with E-state index in [4.69, 9.17) is 27.9 Å². The molecule has 0 atom stereocenters. The molecule has 3 aliphatic rings. The molecule has 0 radical (unpaired) electrons. The summed E-state index contributed by atoms with van der Waals surface area (Å²) < 4.78 is 5.40. The van der Waals surface area contributed by atoms with Crippen molar-refractivity contribution in [2.75, 3.05) is 6.61 Å². The Morgan fingerprint density at radius 1 is 1.14 bits per heavy atom. The van der Waals surface area contributed by atoms with Gasteiger partial charge in [-0.05, 0) is 31.4 Å². The Labute approximate surface area is 138 Å². The minimum absolute atomic E-state index is 0.0254. The van der Waals surface area contributed by atoms with Crippen molar-refractivity contribution in [3.63, 3.8) is 0 Å². The maximum absolute atomic E-state index is 11.9. The predicted molar refractivity (Wildman–Crippen MR) is 83.2 cm³/mol. The van der Waals surface area contributed by atoms with Crippen molar-refractivity contribution >= 4 is 35.0 Å². The minimum Gasteiger partial charge on any atom is -0.484 e. The standard InChI is InChI=1S/C15H16Cl2N2O3/c1-9(20)18-14-6-15(7-14,8-14)19-13(21)5-22-10-2-3-11(16)12(17)4-10/h2-4H,5-8H2,1H3,(H,18,20)(H,19,21). The van der Waals surface area contributed by atoms with Crippen LogP contribution in [0.2, 0.25) is 10.0 Å². The quantitative estimate of drug-likeness (QED) is 0.862. The Kier molecular flexibility index (Phi) is 3.73. The van der Waals surface area contributed by atoms with E-state index in [1.165, 1.54) is 6.92 Å². The number of nitrogens with one attached hydrogen (secondary N) is 2. The zero-order valence-electron chi connectivity index (χ0n) is 12.0. The van der Waals surface area contributed by atoms with Crippen LogP contribution in [-0.4, -0.2) is 29.5 Å². The van der Waals surface area contributed by atoms with Gasteiger partial charge in [-0.1, -0.05) is 23.2 Å². The number of ether oxygens (including phenoxy) is 1. The SMILES string of the molecule is CC(=O)NC12CC(NC(=O)COc3ccc(Cl)c(Cl)c3)(C1)C2. The van der Waals surface area contributed by atoms with Gasteiger partial charge in [0.2, 0.25) is 5.91 Å². The molecule has 2 bridgehead atoms. The lowest BCUT2D eigenvalue weighted by Gasteiger charge is -2.70.